The predicted molar refractivity (Wildman–Crippen MR) is 80.7 cm³/mol. The first kappa shape index (κ1) is 14.7. The molecule has 0 radical (unpaired) electrons. The number of rotatable bonds is 5. The average molecular weight is 299 g/mol. The Labute approximate surface area is 124 Å². The van der Waals surface area contributed by atoms with E-state index in [4.69, 9.17) is 5.73 Å². The lowest BCUT2D eigenvalue weighted by atomic mass is 10.2. The van der Waals surface area contributed by atoms with Gasteiger partial charge in [0.25, 0.3) is 0 Å². The normalized spacial score (nSPS) is 21.1. The zero-order valence-corrected chi connectivity index (χ0v) is 12.4. The van der Waals surface area contributed by atoms with E-state index in [1.807, 2.05) is 17.8 Å². The molecule has 3 N–H and O–H groups in total. The molecule has 2 aliphatic rings. The van der Waals surface area contributed by atoms with Crippen LogP contribution in [0.5, 0.6) is 0 Å². The van der Waals surface area contributed by atoms with Crippen LogP contribution < -0.4 is 11.1 Å². The first-order valence-corrected chi connectivity index (χ1v) is 7.25. The quantitative estimate of drug-likeness (QED) is 0.877. The molecule has 104 valence electrons. The monoisotopic (exact) mass is 298 g/mol. The van der Waals surface area contributed by atoms with Gasteiger partial charge in [-0.25, -0.2) is 0 Å². The van der Waals surface area contributed by atoms with Crippen molar-refractivity contribution in [1.82, 2.24) is 5.32 Å². The first-order chi connectivity index (χ1) is 8.62. The molecule has 0 atom stereocenters. The van der Waals surface area contributed by atoms with Crippen molar-refractivity contribution in [2.45, 2.75) is 40.9 Å². The number of hydrogen-bond acceptors (Lipinski definition) is 3. The lowest BCUT2D eigenvalue weighted by molar-refractivity contribution is -0.123. The van der Waals surface area contributed by atoms with Gasteiger partial charge in [0.05, 0.1) is 5.54 Å². The van der Waals surface area contributed by atoms with E-state index < -0.39 is 5.54 Å². The highest BCUT2D eigenvalue weighted by Gasteiger charge is 2.48. The number of nitrogens with one attached hydrogen (secondary N) is 1. The van der Waals surface area contributed by atoms with Crippen molar-refractivity contribution >= 4 is 30.1 Å². The summed E-state index contributed by atoms with van der Waals surface area (Å²) < 4.78 is 0.211. The smallest absolute Gasteiger partial charge is 0.240 e. The van der Waals surface area contributed by atoms with Gasteiger partial charge in [-0.1, -0.05) is 18.2 Å². The zero-order valence-electron chi connectivity index (χ0n) is 10.7. The highest BCUT2D eigenvalue weighted by atomic mass is 35.5. The minimum absolute atomic E-state index is 0. The molecule has 2 aliphatic carbocycles. The number of thioether (sulfide) groups is 1. The summed E-state index contributed by atoms with van der Waals surface area (Å²) in [6.07, 6.45) is 4.00. The van der Waals surface area contributed by atoms with Crippen LogP contribution in [-0.4, -0.2) is 22.7 Å². The van der Waals surface area contributed by atoms with Crippen molar-refractivity contribution in [2.24, 2.45) is 5.73 Å². The van der Waals surface area contributed by atoms with E-state index in [0.717, 1.165) is 19.4 Å². The van der Waals surface area contributed by atoms with E-state index in [9.17, 15) is 4.79 Å². The van der Waals surface area contributed by atoms with Crippen molar-refractivity contribution in [1.29, 1.82) is 0 Å². The van der Waals surface area contributed by atoms with Crippen LogP contribution in [0.1, 0.15) is 25.7 Å². The van der Waals surface area contributed by atoms with Gasteiger partial charge in [-0.05, 0) is 37.8 Å². The standard InChI is InChI=1S/C14H18N2OS.ClH/c15-14(8-9-14)12(17)16-10-13(6-7-13)18-11-4-2-1-3-5-11;/h1-5H,6-10,15H2,(H,16,17);1H. The molecule has 2 saturated carbocycles. The molecule has 1 aromatic carbocycles. The van der Waals surface area contributed by atoms with Gasteiger partial charge in [-0.2, -0.15) is 0 Å². The maximum atomic E-state index is 11.8. The summed E-state index contributed by atoms with van der Waals surface area (Å²) in [4.78, 5) is 13.1. The topological polar surface area (TPSA) is 55.1 Å². The lowest BCUT2D eigenvalue weighted by Gasteiger charge is -2.17. The molecule has 1 amide bonds. The number of amides is 1. The molecule has 0 aliphatic heterocycles. The Balaban J connectivity index is 0.00000133. The predicted octanol–water partition coefficient (Wildman–Crippen LogP) is 2.34. The summed E-state index contributed by atoms with van der Waals surface area (Å²) >= 11 is 1.87. The molecule has 0 unspecified atom stereocenters. The third-order valence-electron chi connectivity index (χ3n) is 3.70. The van der Waals surface area contributed by atoms with Crippen LogP contribution in [0.4, 0.5) is 0 Å². The highest BCUT2D eigenvalue weighted by molar-refractivity contribution is 8.01. The Morgan fingerprint density at radius 2 is 1.84 bits per heavy atom. The van der Waals surface area contributed by atoms with Crippen molar-refractivity contribution in [3.8, 4) is 0 Å². The number of carbonyl (C=O) groups excluding carboxylic acids is 1. The van der Waals surface area contributed by atoms with Gasteiger partial charge in [-0.3, -0.25) is 4.79 Å². The number of halogens is 1. The summed E-state index contributed by atoms with van der Waals surface area (Å²) in [6.45, 7) is 0.740. The fourth-order valence-corrected chi connectivity index (χ4v) is 3.22. The molecular formula is C14H19ClN2OS. The highest BCUT2D eigenvalue weighted by Crippen LogP contribution is 2.51. The maximum absolute atomic E-state index is 11.8. The van der Waals surface area contributed by atoms with Crippen LogP contribution in [-0.2, 0) is 4.79 Å². The van der Waals surface area contributed by atoms with E-state index in [-0.39, 0.29) is 23.1 Å². The fraction of sp³-hybridized carbons (Fsp3) is 0.500. The van der Waals surface area contributed by atoms with E-state index >= 15 is 0 Å². The SMILES string of the molecule is Cl.NC1(C(=O)NCC2(Sc3ccccc3)CC2)CC1. The molecule has 1 aromatic rings. The van der Waals surface area contributed by atoms with E-state index in [0.29, 0.717) is 0 Å². The second-order valence-electron chi connectivity index (χ2n) is 5.44. The molecular weight excluding hydrogens is 280 g/mol. The van der Waals surface area contributed by atoms with Crippen LogP contribution in [0, 0.1) is 0 Å². The van der Waals surface area contributed by atoms with Gasteiger partial charge in [-0.15, -0.1) is 24.2 Å². The molecule has 0 aromatic heterocycles. The van der Waals surface area contributed by atoms with Crippen molar-refractivity contribution in [3.63, 3.8) is 0 Å². The Kier molecular flexibility index (Phi) is 4.14. The molecule has 19 heavy (non-hydrogen) atoms. The first-order valence-electron chi connectivity index (χ1n) is 6.43. The van der Waals surface area contributed by atoms with Gasteiger partial charge in [0, 0.05) is 16.2 Å². The van der Waals surface area contributed by atoms with Crippen LogP contribution in [0.3, 0.4) is 0 Å². The summed E-state index contributed by atoms with van der Waals surface area (Å²) in [5, 5.41) is 3.02. The molecule has 0 spiro atoms. The second-order valence-corrected chi connectivity index (χ2v) is 6.98. The minimum atomic E-state index is -0.548. The van der Waals surface area contributed by atoms with Crippen molar-refractivity contribution in [3.05, 3.63) is 30.3 Å². The van der Waals surface area contributed by atoms with E-state index in [1.54, 1.807) is 0 Å². The average Bonchev–Trinajstić information content (AvgIpc) is 3.28. The number of carbonyl (C=O) groups is 1. The fourth-order valence-electron chi connectivity index (χ4n) is 1.97. The van der Waals surface area contributed by atoms with Gasteiger partial charge < -0.3 is 11.1 Å². The Morgan fingerprint density at radius 1 is 1.21 bits per heavy atom. The second kappa shape index (κ2) is 5.35. The molecule has 5 heteroatoms. The third-order valence-corrected chi connectivity index (χ3v) is 5.19. The Morgan fingerprint density at radius 3 is 2.37 bits per heavy atom. The Hall–Kier alpha value is -0.710. The zero-order chi connectivity index (χ0) is 12.6. The van der Waals surface area contributed by atoms with Crippen LogP contribution in [0.25, 0.3) is 0 Å². The van der Waals surface area contributed by atoms with Gasteiger partial charge in [0.1, 0.15) is 0 Å². The lowest BCUT2D eigenvalue weighted by Crippen LogP contribution is -2.45. The van der Waals surface area contributed by atoms with Crippen LogP contribution in [0.15, 0.2) is 35.2 Å². The summed E-state index contributed by atoms with van der Waals surface area (Å²) in [5.74, 6) is 0.0300. The number of hydrogen-bond donors (Lipinski definition) is 2. The number of benzene rings is 1. The molecule has 2 fully saturated rings. The third kappa shape index (κ3) is 3.44. The Bertz CT molecular complexity index is 458. The van der Waals surface area contributed by atoms with E-state index in [1.165, 1.54) is 17.7 Å². The van der Waals surface area contributed by atoms with Gasteiger partial charge in [0.15, 0.2) is 0 Å². The van der Waals surface area contributed by atoms with Gasteiger partial charge in [0.2, 0.25) is 5.91 Å². The van der Waals surface area contributed by atoms with Gasteiger partial charge >= 0.3 is 0 Å². The largest absolute Gasteiger partial charge is 0.353 e. The molecule has 3 rings (SSSR count). The summed E-state index contributed by atoms with van der Waals surface area (Å²) in [5.41, 5.74) is 5.33. The van der Waals surface area contributed by atoms with Crippen LogP contribution >= 0.6 is 24.2 Å². The molecule has 3 nitrogen and oxygen atoms in total. The molecule has 0 bridgehead atoms. The molecule has 0 saturated heterocycles. The van der Waals surface area contributed by atoms with E-state index in [2.05, 4.69) is 29.6 Å². The maximum Gasteiger partial charge on any atom is 0.240 e. The molecule has 0 heterocycles. The van der Waals surface area contributed by atoms with Crippen molar-refractivity contribution < 1.29 is 4.79 Å². The minimum Gasteiger partial charge on any atom is -0.353 e. The number of nitrogens with two attached hydrogens (primary N) is 1. The van der Waals surface area contributed by atoms with Crippen molar-refractivity contribution in [2.75, 3.05) is 6.54 Å². The van der Waals surface area contributed by atoms with Crippen LogP contribution in [0.2, 0.25) is 0 Å². The summed E-state index contributed by atoms with van der Waals surface area (Å²) in [7, 11) is 0. The summed E-state index contributed by atoms with van der Waals surface area (Å²) in [6, 6.07) is 10.4.